The first-order valence-electron chi connectivity index (χ1n) is 7.20. The normalized spacial score (nSPS) is 11.0. The standard InChI is InChI=1S/C17H16Cl2N2O/c1-2-9-21-16-8-5-13(19)10-15(16)20-17(21)11-22-14-6-3-12(18)4-7-14/h3-8,10H,2,9,11H2,1H3. The quantitative estimate of drug-likeness (QED) is 0.630. The molecule has 22 heavy (non-hydrogen) atoms. The van der Waals surface area contributed by atoms with Crippen molar-refractivity contribution in [3.05, 3.63) is 58.3 Å². The fourth-order valence-corrected chi connectivity index (χ4v) is 2.71. The SMILES string of the molecule is CCCn1c(COc2ccc(Cl)cc2)nc2cc(Cl)ccc21. The number of hydrogen-bond acceptors (Lipinski definition) is 2. The molecule has 3 nitrogen and oxygen atoms in total. The lowest BCUT2D eigenvalue weighted by atomic mass is 10.3. The van der Waals surface area contributed by atoms with Crippen LogP contribution < -0.4 is 4.74 Å². The monoisotopic (exact) mass is 334 g/mol. The Kier molecular flexibility index (Phi) is 4.55. The van der Waals surface area contributed by atoms with Crippen LogP contribution in [0.5, 0.6) is 5.75 Å². The second-order valence-corrected chi connectivity index (χ2v) is 5.93. The lowest BCUT2D eigenvalue weighted by Gasteiger charge is -2.09. The fraction of sp³-hybridized carbons (Fsp3) is 0.235. The first-order chi connectivity index (χ1) is 10.7. The molecule has 0 aliphatic heterocycles. The Balaban J connectivity index is 1.88. The molecular formula is C17H16Cl2N2O. The second-order valence-electron chi connectivity index (χ2n) is 5.06. The average Bonchev–Trinajstić information content (AvgIpc) is 2.84. The smallest absolute Gasteiger partial charge is 0.147 e. The van der Waals surface area contributed by atoms with E-state index in [0.29, 0.717) is 16.7 Å². The molecule has 5 heteroatoms. The van der Waals surface area contributed by atoms with E-state index in [1.807, 2.05) is 42.5 Å². The van der Waals surface area contributed by atoms with E-state index in [0.717, 1.165) is 35.6 Å². The molecule has 1 aromatic heterocycles. The summed E-state index contributed by atoms with van der Waals surface area (Å²) >= 11 is 11.9. The number of halogens is 2. The maximum atomic E-state index is 6.05. The van der Waals surface area contributed by atoms with Crippen LogP contribution in [0.2, 0.25) is 10.0 Å². The van der Waals surface area contributed by atoms with Crippen molar-refractivity contribution in [2.45, 2.75) is 26.5 Å². The highest BCUT2D eigenvalue weighted by Crippen LogP contribution is 2.22. The minimum Gasteiger partial charge on any atom is -0.486 e. The summed E-state index contributed by atoms with van der Waals surface area (Å²) < 4.78 is 8.00. The lowest BCUT2D eigenvalue weighted by Crippen LogP contribution is -2.07. The summed E-state index contributed by atoms with van der Waals surface area (Å²) in [6, 6.07) is 13.1. The Morgan fingerprint density at radius 2 is 1.77 bits per heavy atom. The molecule has 0 fully saturated rings. The molecule has 0 atom stereocenters. The molecule has 0 saturated carbocycles. The van der Waals surface area contributed by atoms with Gasteiger partial charge in [-0.1, -0.05) is 30.1 Å². The zero-order valence-corrected chi connectivity index (χ0v) is 13.7. The van der Waals surface area contributed by atoms with Crippen LogP contribution in [0.25, 0.3) is 11.0 Å². The third-order valence-electron chi connectivity index (χ3n) is 3.42. The number of benzene rings is 2. The molecule has 0 aliphatic rings. The third-order valence-corrected chi connectivity index (χ3v) is 3.91. The van der Waals surface area contributed by atoms with Gasteiger partial charge >= 0.3 is 0 Å². The molecule has 0 spiro atoms. The van der Waals surface area contributed by atoms with Gasteiger partial charge in [0.05, 0.1) is 11.0 Å². The summed E-state index contributed by atoms with van der Waals surface area (Å²) in [4.78, 5) is 4.65. The van der Waals surface area contributed by atoms with Crippen molar-refractivity contribution in [1.29, 1.82) is 0 Å². The van der Waals surface area contributed by atoms with Gasteiger partial charge in [-0.3, -0.25) is 0 Å². The van der Waals surface area contributed by atoms with Gasteiger partial charge < -0.3 is 9.30 Å². The first-order valence-corrected chi connectivity index (χ1v) is 7.96. The van der Waals surface area contributed by atoms with Crippen molar-refractivity contribution >= 4 is 34.2 Å². The largest absolute Gasteiger partial charge is 0.486 e. The molecule has 0 radical (unpaired) electrons. The van der Waals surface area contributed by atoms with Gasteiger partial charge in [-0.25, -0.2) is 4.98 Å². The maximum Gasteiger partial charge on any atom is 0.147 e. The number of aromatic nitrogens is 2. The summed E-state index contributed by atoms with van der Waals surface area (Å²) in [6.07, 6.45) is 1.03. The van der Waals surface area contributed by atoms with Gasteiger partial charge in [0.2, 0.25) is 0 Å². The summed E-state index contributed by atoms with van der Waals surface area (Å²) in [5, 5.41) is 1.39. The Hall–Kier alpha value is -1.71. The van der Waals surface area contributed by atoms with Gasteiger partial charge in [0.1, 0.15) is 18.2 Å². The first kappa shape index (κ1) is 15.2. The van der Waals surface area contributed by atoms with E-state index >= 15 is 0 Å². The van der Waals surface area contributed by atoms with Crippen molar-refractivity contribution in [1.82, 2.24) is 9.55 Å². The third kappa shape index (κ3) is 3.21. The van der Waals surface area contributed by atoms with E-state index < -0.39 is 0 Å². The predicted molar refractivity (Wildman–Crippen MR) is 90.8 cm³/mol. The topological polar surface area (TPSA) is 27.1 Å². The minimum atomic E-state index is 0.411. The van der Waals surface area contributed by atoms with Crippen molar-refractivity contribution in [2.24, 2.45) is 0 Å². The number of ether oxygens (including phenoxy) is 1. The molecule has 114 valence electrons. The molecule has 0 N–H and O–H groups in total. The average molecular weight is 335 g/mol. The Labute approximate surface area is 139 Å². The number of aryl methyl sites for hydroxylation is 1. The van der Waals surface area contributed by atoms with Crippen molar-refractivity contribution in [3.8, 4) is 5.75 Å². The van der Waals surface area contributed by atoms with Gasteiger partial charge in [0.25, 0.3) is 0 Å². The van der Waals surface area contributed by atoms with E-state index in [1.165, 1.54) is 0 Å². The summed E-state index contributed by atoms with van der Waals surface area (Å²) in [5.74, 6) is 1.67. The van der Waals surface area contributed by atoms with Gasteiger partial charge in [0, 0.05) is 16.6 Å². The molecule has 0 unspecified atom stereocenters. The highest BCUT2D eigenvalue weighted by Gasteiger charge is 2.11. The second kappa shape index (κ2) is 6.59. The van der Waals surface area contributed by atoms with Gasteiger partial charge in [0.15, 0.2) is 0 Å². The van der Waals surface area contributed by atoms with Crippen molar-refractivity contribution in [2.75, 3.05) is 0 Å². The summed E-state index contributed by atoms with van der Waals surface area (Å²) in [6.45, 7) is 3.46. The highest BCUT2D eigenvalue weighted by atomic mass is 35.5. The van der Waals surface area contributed by atoms with E-state index in [1.54, 1.807) is 0 Å². The van der Waals surface area contributed by atoms with E-state index in [2.05, 4.69) is 16.5 Å². The molecule has 0 aliphatic carbocycles. The summed E-state index contributed by atoms with van der Waals surface area (Å²) in [7, 11) is 0. The van der Waals surface area contributed by atoms with Crippen LogP contribution in [0.3, 0.4) is 0 Å². The Morgan fingerprint density at radius 1 is 1.05 bits per heavy atom. The lowest BCUT2D eigenvalue weighted by molar-refractivity contribution is 0.290. The number of nitrogens with zero attached hydrogens (tertiary/aromatic N) is 2. The Bertz CT molecular complexity index is 781. The molecule has 3 aromatic rings. The predicted octanol–water partition coefficient (Wildman–Crippen LogP) is 5.33. The van der Waals surface area contributed by atoms with E-state index in [4.69, 9.17) is 27.9 Å². The molecule has 2 aromatic carbocycles. The van der Waals surface area contributed by atoms with E-state index in [-0.39, 0.29) is 0 Å². The molecule has 0 amide bonds. The van der Waals surface area contributed by atoms with Crippen LogP contribution in [0.4, 0.5) is 0 Å². The maximum absolute atomic E-state index is 6.05. The zero-order valence-electron chi connectivity index (χ0n) is 12.2. The van der Waals surface area contributed by atoms with Gasteiger partial charge in [-0.2, -0.15) is 0 Å². The number of fused-ring (bicyclic) bond motifs is 1. The molecule has 3 rings (SSSR count). The number of hydrogen-bond donors (Lipinski definition) is 0. The van der Waals surface area contributed by atoms with E-state index in [9.17, 15) is 0 Å². The molecule has 0 bridgehead atoms. The van der Waals surface area contributed by atoms with Crippen molar-refractivity contribution < 1.29 is 4.74 Å². The van der Waals surface area contributed by atoms with Crippen LogP contribution in [0, 0.1) is 0 Å². The van der Waals surface area contributed by atoms with Crippen molar-refractivity contribution in [3.63, 3.8) is 0 Å². The van der Waals surface area contributed by atoms with Gasteiger partial charge in [-0.05, 0) is 48.9 Å². The molecular weight excluding hydrogens is 319 g/mol. The minimum absolute atomic E-state index is 0.411. The number of imidazole rings is 1. The van der Waals surface area contributed by atoms with Crippen LogP contribution in [-0.4, -0.2) is 9.55 Å². The van der Waals surface area contributed by atoms with Gasteiger partial charge in [-0.15, -0.1) is 0 Å². The van der Waals surface area contributed by atoms with Crippen LogP contribution in [-0.2, 0) is 13.2 Å². The fourth-order valence-electron chi connectivity index (χ4n) is 2.41. The van der Waals surface area contributed by atoms with Crippen LogP contribution in [0.1, 0.15) is 19.2 Å². The summed E-state index contributed by atoms with van der Waals surface area (Å²) in [5.41, 5.74) is 1.98. The highest BCUT2D eigenvalue weighted by molar-refractivity contribution is 6.31. The zero-order chi connectivity index (χ0) is 15.5. The van der Waals surface area contributed by atoms with Crippen LogP contribution >= 0.6 is 23.2 Å². The van der Waals surface area contributed by atoms with Crippen LogP contribution in [0.15, 0.2) is 42.5 Å². The Morgan fingerprint density at radius 3 is 2.50 bits per heavy atom. The molecule has 0 saturated heterocycles. The number of rotatable bonds is 5. The molecule has 1 heterocycles.